The van der Waals surface area contributed by atoms with Crippen molar-refractivity contribution in [3.8, 4) is 0 Å². The largest absolute Gasteiger partial charge is 0.278 e. The summed E-state index contributed by atoms with van der Waals surface area (Å²) < 4.78 is 25.6. The predicted octanol–water partition coefficient (Wildman–Crippen LogP) is 2.89. The molecular weight excluding hydrogens is 348 g/mol. The number of amidine groups is 1. The van der Waals surface area contributed by atoms with Crippen LogP contribution in [-0.2, 0) is 10.0 Å². The van der Waals surface area contributed by atoms with Gasteiger partial charge in [-0.3, -0.25) is 10.1 Å². The molecule has 2 aromatic rings. The molecule has 0 atom stereocenters. The van der Waals surface area contributed by atoms with Crippen LogP contribution in [0.3, 0.4) is 0 Å². The molecule has 2 aromatic carbocycles. The highest BCUT2D eigenvalue weighted by molar-refractivity contribution is 7.89. The lowest BCUT2D eigenvalue weighted by Gasteiger charge is -2.14. The van der Waals surface area contributed by atoms with Crippen LogP contribution in [0.15, 0.2) is 69.7 Å². The van der Waals surface area contributed by atoms with E-state index in [1.165, 1.54) is 43.4 Å². The lowest BCUT2D eigenvalue weighted by Crippen LogP contribution is -2.23. The van der Waals surface area contributed by atoms with E-state index in [1.54, 1.807) is 18.2 Å². The fourth-order valence-electron chi connectivity index (χ4n) is 1.84. The number of azide groups is 1. The molecule has 0 fully saturated rings. The molecule has 0 spiro atoms. The summed E-state index contributed by atoms with van der Waals surface area (Å²) in [6.45, 7) is 0. The highest BCUT2D eigenvalue weighted by Crippen LogP contribution is 2.17. The number of nitrogens with zero attached hydrogens (tertiary/aromatic N) is 6. The minimum atomic E-state index is -3.93. The average molecular weight is 360 g/mol. The molecule has 0 bridgehead atoms. The van der Waals surface area contributed by atoms with Gasteiger partial charge in [0.25, 0.3) is 15.7 Å². The van der Waals surface area contributed by atoms with E-state index in [-0.39, 0.29) is 22.0 Å². The summed E-state index contributed by atoms with van der Waals surface area (Å²) in [4.78, 5) is 12.7. The number of nitro groups is 1. The molecule has 0 saturated carbocycles. The molecule has 0 unspecified atom stereocenters. The molecule has 2 rings (SSSR count). The van der Waals surface area contributed by atoms with Crippen molar-refractivity contribution in [1.29, 1.82) is 0 Å². The van der Waals surface area contributed by atoms with Crippen LogP contribution in [0, 0.1) is 10.1 Å². The standard InChI is InChI=1S/C14H12N6O4S/c1-19(25(23,24)13-5-3-2-4-6-13)17-14(16-18-15)11-7-9-12(10-8-11)20(21)22/h2-10H,1H3/b17-14-. The van der Waals surface area contributed by atoms with Gasteiger partial charge in [-0.05, 0) is 34.9 Å². The van der Waals surface area contributed by atoms with Gasteiger partial charge in [0.2, 0.25) is 0 Å². The lowest BCUT2D eigenvalue weighted by atomic mass is 10.2. The third-order valence-corrected chi connectivity index (χ3v) is 4.75. The van der Waals surface area contributed by atoms with E-state index in [2.05, 4.69) is 15.1 Å². The number of hydrogen-bond donors (Lipinski definition) is 0. The van der Waals surface area contributed by atoms with Gasteiger partial charge in [0.15, 0.2) is 5.84 Å². The highest BCUT2D eigenvalue weighted by Gasteiger charge is 2.20. The molecule has 0 aliphatic carbocycles. The number of hydrazone groups is 1. The van der Waals surface area contributed by atoms with Crippen LogP contribution in [0.25, 0.3) is 10.4 Å². The minimum Gasteiger partial charge on any atom is -0.258 e. The summed E-state index contributed by atoms with van der Waals surface area (Å²) in [5.41, 5.74) is 8.75. The van der Waals surface area contributed by atoms with Gasteiger partial charge in [-0.15, -0.1) is 0 Å². The Morgan fingerprint density at radius 2 is 1.76 bits per heavy atom. The van der Waals surface area contributed by atoms with Gasteiger partial charge in [0, 0.05) is 29.7 Å². The third kappa shape index (κ3) is 4.10. The first kappa shape index (κ1) is 17.9. The zero-order valence-electron chi connectivity index (χ0n) is 12.9. The van der Waals surface area contributed by atoms with Crippen molar-refractivity contribution in [3.63, 3.8) is 0 Å². The summed E-state index contributed by atoms with van der Waals surface area (Å²) >= 11 is 0. The van der Waals surface area contributed by atoms with E-state index >= 15 is 0 Å². The Morgan fingerprint density at radius 1 is 1.16 bits per heavy atom. The monoisotopic (exact) mass is 360 g/mol. The Labute approximate surface area is 142 Å². The maximum Gasteiger partial charge on any atom is 0.278 e. The van der Waals surface area contributed by atoms with Crippen molar-refractivity contribution in [2.75, 3.05) is 7.05 Å². The highest BCUT2D eigenvalue weighted by atomic mass is 32.2. The van der Waals surface area contributed by atoms with Gasteiger partial charge in [0.05, 0.1) is 9.82 Å². The van der Waals surface area contributed by atoms with Gasteiger partial charge in [-0.2, -0.15) is 17.9 Å². The van der Waals surface area contributed by atoms with E-state index in [1.807, 2.05) is 0 Å². The lowest BCUT2D eigenvalue weighted by molar-refractivity contribution is -0.384. The fraction of sp³-hybridized carbons (Fsp3) is 0.0714. The fourth-order valence-corrected chi connectivity index (χ4v) is 2.83. The van der Waals surface area contributed by atoms with Gasteiger partial charge < -0.3 is 0 Å². The molecule has 0 saturated heterocycles. The van der Waals surface area contributed by atoms with Crippen molar-refractivity contribution in [2.24, 2.45) is 10.2 Å². The zero-order chi connectivity index (χ0) is 18.4. The van der Waals surface area contributed by atoms with Gasteiger partial charge in [-0.1, -0.05) is 18.2 Å². The smallest absolute Gasteiger partial charge is 0.258 e. The number of sulfonamides is 1. The van der Waals surface area contributed by atoms with Crippen molar-refractivity contribution in [1.82, 2.24) is 4.41 Å². The van der Waals surface area contributed by atoms with Gasteiger partial charge in [-0.25, -0.2) is 0 Å². The molecule has 0 N–H and O–H groups in total. The summed E-state index contributed by atoms with van der Waals surface area (Å²) in [5, 5.41) is 17.9. The van der Waals surface area contributed by atoms with Crippen LogP contribution >= 0.6 is 0 Å². The number of rotatable bonds is 5. The Kier molecular flexibility index (Phi) is 5.32. The molecular formula is C14H12N6O4S. The van der Waals surface area contributed by atoms with Crippen LogP contribution in [0.4, 0.5) is 5.69 Å². The Bertz CT molecular complexity index is 951. The quantitative estimate of drug-likeness (QED) is 0.154. The first-order valence-corrected chi connectivity index (χ1v) is 8.23. The summed E-state index contributed by atoms with van der Waals surface area (Å²) in [6, 6.07) is 12.6. The summed E-state index contributed by atoms with van der Waals surface area (Å²) in [7, 11) is -2.73. The number of benzene rings is 2. The van der Waals surface area contributed by atoms with Crippen molar-refractivity contribution >= 4 is 21.5 Å². The van der Waals surface area contributed by atoms with E-state index in [4.69, 9.17) is 5.53 Å². The van der Waals surface area contributed by atoms with Crippen LogP contribution in [-0.4, -0.2) is 30.6 Å². The average Bonchev–Trinajstić information content (AvgIpc) is 2.62. The third-order valence-electron chi connectivity index (χ3n) is 3.10. The molecule has 0 radical (unpaired) electrons. The molecule has 128 valence electrons. The molecule has 0 heterocycles. The maximum absolute atomic E-state index is 12.4. The van der Waals surface area contributed by atoms with Crippen LogP contribution in [0.5, 0.6) is 0 Å². The molecule has 10 nitrogen and oxygen atoms in total. The first-order valence-electron chi connectivity index (χ1n) is 6.79. The number of nitro benzene ring substituents is 1. The van der Waals surface area contributed by atoms with E-state index < -0.39 is 14.9 Å². The molecule has 0 aliphatic rings. The van der Waals surface area contributed by atoms with Crippen molar-refractivity contribution in [3.05, 3.63) is 80.7 Å². The first-order chi connectivity index (χ1) is 11.9. The minimum absolute atomic E-state index is 0.0187. The van der Waals surface area contributed by atoms with Gasteiger partial charge in [0.1, 0.15) is 0 Å². The topological polar surface area (TPSA) is 142 Å². The second-order valence-electron chi connectivity index (χ2n) is 4.67. The van der Waals surface area contributed by atoms with Crippen molar-refractivity contribution in [2.45, 2.75) is 4.90 Å². The van der Waals surface area contributed by atoms with E-state index in [0.717, 1.165) is 0 Å². The van der Waals surface area contributed by atoms with Crippen LogP contribution in [0.1, 0.15) is 5.56 Å². The number of hydrogen-bond acceptors (Lipinski definition) is 5. The predicted molar refractivity (Wildman–Crippen MR) is 90.2 cm³/mol. The molecule has 11 heteroatoms. The molecule has 0 amide bonds. The Balaban J connectivity index is 2.42. The van der Waals surface area contributed by atoms with E-state index in [9.17, 15) is 18.5 Å². The van der Waals surface area contributed by atoms with Gasteiger partial charge >= 0.3 is 0 Å². The van der Waals surface area contributed by atoms with E-state index in [0.29, 0.717) is 4.41 Å². The second-order valence-corrected chi connectivity index (χ2v) is 6.62. The Hall–Kier alpha value is -3.43. The normalized spacial score (nSPS) is 11.5. The summed E-state index contributed by atoms with van der Waals surface area (Å²) in [5.74, 6) is -0.237. The van der Waals surface area contributed by atoms with Crippen LogP contribution in [0.2, 0.25) is 0 Å². The van der Waals surface area contributed by atoms with Crippen LogP contribution < -0.4 is 0 Å². The zero-order valence-corrected chi connectivity index (χ0v) is 13.7. The maximum atomic E-state index is 12.4. The summed E-state index contributed by atoms with van der Waals surface area (Å²) in [6.07, 6.45) is 0. The second kappa shape index (κ2) is 7.43. The SMILES string of the molecule is CN(/N=C(\N=[N+]=[N-])c1ccc([N+](=O)[O-])cc1)S(=O)(=O)c1ccccc1. The number of non-ortho nitro benzene ring substituents is 1. The molecule has 0 aliphatic heterocycles. The van der Waals surface area contributed by atoms with Crippen molar-refractivity contribution < 1.29 is 13.3 Å². The molecule has 25 heavy (non-hydrogen) atoms. The Morgan fingerprint density at radius 3 is 2.28 bits per heavy atom. The molecule has 0 aromatic heterocycles.